The van der Waals surface area contributed by atoms with Gasteiger partial charge in [-0.15, -0.1) is 10.2 Å². The van der Waals surface area contributed by atoms with Crippen molar-refractivity contribution in [1.29, 1.82) is 0 Å². The second-order valence-corrected chi connectivity index (χ2v) is 11.3. The number of carbonyl (C=O) groups excluding carboxylic acids is 1. The molecule has 10 heteroatoms. The van der Waals surface area contributed by atoms with E-state index in [1.807, 2.05) is 42.8 Å². The number of nitrogens with zero attached hydrogens (tertiary/aromatic N) is 4. The largest absolute Gasteiger partial charge is 0.325 e. The number of aryl methyl sites for hydroxylation is 1. The maximum atomic E-state index is 12.7. The van der Waals surface area contributed by atoms with E-state index in [2.05, 4.69) is 15.5 Å². The van der Waals surface area contributed by atoms with Crippen LogP contribution in [-0.2, 0) is 21.9 Å². The zero-order valence-electron chi connectivity index (χ0n) is 18.9. The molecule has 3 aromatic rings. The van der Waals surface area contributed by atoms with E-state index in [-0.39, 0.29) is 10.8 Å². The fourth-order valence-corrected chi connectivity index (χ4v) is 6.05. The molecule has 1 unspecified atom stereocenters. The lowest BCUT2D eigenvalue weighted by molar-refractivity contribution is -0.115. The number of amides is 1. The topological polar surface area (TPSA) is 97.2 Å². The van der Waals surface area contributed by atoms with Gasteiger partial charge in [-0.05, 0) is 56.5 Å². The maximum absolute atomic E-state index is 12.7. The summed E-state index contributed by atoms with van der Waals surface area (Å²) < 4.78 is 28.7. The quantitative estimate of drug-likeness (QED) is 0.513. The summed E-state index contributed by atoms with van der Waals surface area (Å²) in [6.45, 7) is 4.94. The average molecular weight is 486 g/mol. The zero-order chi connectivity index (χ0) is 23.6. The molecule has 1 aromatic heterocycles. The Morgan fingerprint density at radius 2 is 1.73 bits per heavy atom. The zero-order valence-corrected chi connectivity index (χ0v) is 20.5. The molecule has 174 valence electrons. The molecular weight excluding hydrogens is 458 g/mol. The normalized spacial score (nSPS) is 15.5. The van der Waals surface area contributed by atoms with Gasteiger partial charge in [-0.3, -0.25) is 4.79 Å². The molecule has 1 amide bonds. The molecular formula is C23H27N5O3S2. The second-order valence-electron chi connectivity index (χ2n) is 8.07. The van der Waals surface area contributed by atoms with Crippen LogP contribution in [0.5, 0.6) is 0 Å². The molecule has 1 N–H and O–H groups in total. The van der Waals surface area contributed by atoms with Crippen molar-refractivity contribution in [1.82, 2.24) is 19.1 Å². The Bertz CT molecular complexity index is 1250. The lowest BCUT2D eigenvalue weighted by Gasteiger charge is -2.16. The van der Waals surface area contributed by atoms with Crippen LogP contribution in [0.25, 0.3) is 11.4 Å². The molecule has 1 fully saturated rings. The molecule has 8 nitrogen and oxygen atoms in total. The van der Waals surface area contributed by atoms with Gasteiger partial charge >= 0.3 is 0 Å². The van der Waals surface area contributed by atoms with Crippen LogP contribution < -0.4 is 5.32 Å². The van der Waals surface area contributed by atoms with Gasteiger partial charge in [0.15, 0.2) is 11.0 Å². The molecule has 1 atom stereocenters. The Morgan fingerprint density at radius 3 is 2.39 bits per heavy atom. The molecule has 0 spiro atoms. The Morgan fingerprint density at radius 1 is 1.06 bits per heavy atom. The van der Waals surface area contributed by atoms with Crippen LogP contribution in [0.3, 0.4) is 0 Å². The Balaban J connectivity index is 1.41. The van der Waals surface area contributed by atoms with Crippen LogP contribution in [0.2, 0.25) is 0 Å². The minimum Gasteiger partial charge on any atom is -0.325 e. The highest BCUT2D eigenvalue weighted by Gasteiger charge is 2.27. The van der Waals surface area contributed by atoms with Crippen molar-refractivity contribution >= 4 is 33.4 Å². The number of sulfonamides is 1. The third kappa shape index (κ3) is 4.97. The van der Waals surface area contributed by atoms with E-state index >= 15 is 0 Å². The summed E-state index contributed by atoms with van der Waals surface area (Å²) >= 11 is 1.32. The van der Waals surface area contributed by atoms with Crippen LogP contribution in [-0.4, -0.2) is 51.7 Å². The molecule has 0 saturated carbocycles. The van der Waals surface area contributed by atoms with E-state index in [0.717, 1.165) is 29.8 Å². The average Bonchev–Trinajstić information content (AvgIpc) is 3.46. The van der Waals surface area contributed by atoms with E-state index in [1.165, 1.54) is 28.2 Å². The Labute approximate surface area is 198 Å². The Hall–Kier alpha value is -2.69. The van der Waals surface area contributed by atoms with E-state index in [0.29, 0.717) is 23.9 Å². The lowest BCUT2D eigenvalue weighted by Crippen LogP contribution is -2.27. The SMILES string of the molecule is Cc1ccccc1-c1nnc(SC(C)C(=O)Nc2ccc(S(=O)(=O)N3CCCC3)cc2)n1C. The van der Waals surface area contributed by atoms with Crippen LogP contribution in [0.15, 0.2) is 58.6 Å². The summed E-state index contributed by atoms with van der Waals surface area (Å²) in [5.41, 5.74) is 2.65. The number of carbonyl (C=O) groups is 1. The first kappa shape index (κ1) is 23.5. The van der Waals surface area contributed by atoms with Gasteiger partial charge in [0, 0.05) is 31.4 Å². The van der Waals surface area contributed by atoms with Crippen molar-refractivity contribution in [2.45, 2.75) is 42.0 Å². The third-order valence-corrected chi connectivity index (χ3v) is 8.74. The summed E-state index contributed by atoms with van der Waals surface area (Å²) in [6.07, 6.45) is 1.78. The standard InChI is InChI=1S/C23H27N5O3S2/c1-16-8-4-5-9-20(16)21-25-26-23(27(21)3)32-17(2)22(29)24-18-10-12-19(13-11-18)33(30,31)28-14-6-7-15-28/h4-5,8-13,17H,6-7,14-15H2,1-3H3,(H,24,29). The lowest BCUT2D eigenvalue weighted by atomic mass is 10.1. The third-order valence-electron chi connectivity index (χ3n) is 5.70. The minimum atomic E-state index is -3.47. The smallest absolute Gasteiger partial charge is 0.243 e. The van der Waals surface area contributed by atoms with Gasteiger partial charge in [0.1, 0.15) is 0 Å². The van der Waals surface area contributed by atoms with Crippen molar-refractivity contribution < 1.29 is 13.2 Å². The number of nitrogens with one attached hydrogen (secondary N) is 1. The molecule has 2 aromatic carbocycles. The summed E-state index contributed by atoms with van der Waals surface area (Å²) in [6, 6.07) is 14.3. The predicted octanol–water partition coefficient (Wildman–Crippen LogP) is 3.69. The van der Waals surface area contributed by atoms with Crippen LogP contribution in [0, 0.1) is 6.92 Å². The molecule has 2 heterocycles. The number of hydrogen-bond acceptors (Lipinski definition) is 6. The first-order chi connectivity index (χ1) is 15.8. The van der Waals surface area contributed by atoms with E-state index < -0.39 is 15.3 Å². The Kier molecular flexibility index (Phi) is 6.87. The molecule has 1 aliphatic rings. The van der Waals surface area contributed by atoms with Gasteiger partial charge in [-0.25, -0.2) is 8.42 Å². The first-order valence-corrected chi connectivity index (χ1v) is 13.1. The first-order valence-electron chi connectivity index (χ1n) is 10.8. The summed E-state index contributed by atoms with van der Waals surface area (Å²) in [5, 5.41) is 11.6. The molecule has 1 aliphatic heterocycles. The fraction of sp³-hybridized carbons (Fsp3) is 0.348. The van der Waals surface area contributed by atoms with Crippen molar-refractivity contribution in [3.8, 4) is 11.4 Å². The number of rotatable bonds is 7. The molecule has 4 rings (SSSR count). The van der Waals surface area contributed by atoms with Gasteiger partial charge in [0.05, 0.1) is 10.1 Å². The van der Waals surface area contributed by atoms with Gasteiger partial charge in [0.25, 0.3) is 0 Å². The van der Waals surface area contributed by atoms with Crippen LogP contribution >= 0.6 is 11.8 Å². The van der Waals surface area contributed by atoms with Crippen LogP contribution in [0.4, 0.5) is 5.69 Å². The van der Waals surface area contributed by atoms with E-state index in [1.54, 1.807) is 19.1 Å². The molecule has 33 heavy (non-hydrogen) atoms. The van der Waals surface area contributed by atoms with Crippen LogP contribution in [0.1, 0.15) is 25.3 Å². The van der Waals surface area contributed by atoms with Crippen molar-refractivity contribution in [2.24, 2.45) is 7.05 Å². The number of anilines is 1. The van der Waals surface area contributed by atoms with Gasteiger partial charge in [-0.2, -0.15) is 4.31 Å². The molecule has 0 bridgehead atoms. The molecule has 1 saturated heterocycles. The monoisotopic (exact) mass is 485 g/mol. The number of thioether (sulfide) groups is 1. The van der Waals surface area contributed by atoms with Crippen molar-refractivity contribution in [3.63, 3.8) is 0 Å². The maximum Gasteiger partial charge on any atom is 0.243 e. The van der Waals surface area contributed by atoms with E-state index in [9.17, 15) is 13.2 Å². The summed E-state index contributed by atoms with van der Waals surface area (Å²) in [5.74, 6) is 0.550. The highest BCUT2D eigenvalue weighted by Crippen LogP contribution is 2.28. The molecule has 0 radical (unpaired) electrons. The van der Waals surface area contributed by atoms with Crippen molar-refractivity contribution in [3.05, 3.63) is 54.1 Å². The summed E-state index contributed by atoms with van der Waals surface area (Å²) in [4.78, 5) is 13.0. The van der Waals surface area contributed by atoms with E-state index in [4.69, 9.17) is 0 Å². The molecule has 0 aliphatic carbocycles. The van der Waals surface area contributed by atoms with Gasteiger partial charge in [-0.1, -0.05) is 36.0 Å². The number of aromatic nitrogens is 3. The summed E-state index contributed by atoms with van der Waals surface area (Å²) in [7, 11) is -1.59. The number of hydrogen-bond donors (Lipinski definition) is 1. The van der Waals surface area contributed by atoms with Gasteiger partial charge < -0.3 is 9.88 Å². The van der Waals surface area contributed by atoms with Gasteiger partial charge in [0.2, 0.25) is 15.9 Å². The van der Waals surface area contributed by atoms with Crippen molar-refractivity contribution in [2.75, 3.05) is 18.4 Å². The minimum absolute atomic E-state index is 0.199. The highest BCUT2D eigenvalue weighted by atomic mass is 32.2. The number of benzene rings is 2. The second kappa shape index (κ2) is 9.66. The highest BCUT2D eigenvalue weighted by molar-refractivity contribution is 8.00. The fourth-order valence-electron chi connectivity index (χ4n) is 3.72. The predicted molar refractivity (Wildman–Crippen MR) is 130 cm³/mol.